The van der Waals surface area contributed by atoms with Gasteiger partial charge in [0, 0.05) is 44.5 Å². The third-order valence-electron chi connectivity index (χ3n) is 5.58. The molecule has 1 aromatic heterocycles. The average molecular weight is 375 g/mol. The molecule has 0 aliphatic carbocycles. The molecule has 4 rings (SSSR count). The molecule has 1 aromatic carbocycles. The van der Waals surface area contributed by atoms with E-state index in [1.165, 1.54) is 11.1 Å². The van der Waals surface area contributed by atoms with Crippen molar-refractivity contribution in [3.63, 3.8) is 0 Å². The second-order valence-electron chi connectivity index (χ2n) is 7.55. The number of rotatable bonds is 4. The maximum Gasteiger partial charge on any atom is 0.262 e. The second kappa shape index (κ2) is 6.79. The van der Waals surface area contributed by atoms with Gasteiger partial charge in [-0.2, -0.15) is 4.31 Å². The molecule has 6 nitrogen and oxygen atoms in total. The molecule has 0 N–H and O–H groups in total. The summed E-state index contributed by atoms with van der Waals surface area (Å²) >= 11 is 0. The minimum absolute atomic E-state index is 0.163. The molecule has 2 aliphatic rings. The van der Waals surface area contributed by atoms with Gasteiger partial charge in [0.1, 0.15) is 0 Å². The Morgan fingerprint density at radius 1 is 1.15 bits per heavy atom. The third-order valence-corrected chi connectivity index (χ3v) is 7.33. The van der Waals surface area contributed by atoms with Crippen LogP contribution in [0, 0.1) is 0 Å². The number of aromatic nitrogens is 2. The van der Waals surface area contributed by atoms with Crippen molar-refractivity contribution in [1.82, 2.24) is 18.8 Å². The topological polar surface area (TPSA) is 58.4 Å². The van der Waals surface area contributed by atoms with Gasteiger partial charge in [-0.25, -0.2) is 13.4 Å². The number of fused-ring (bicyclic) bond motifs is 1. The minimum atomic E-state index is -3.51. The Kier molecular flexibility index (Phi) is 4.62. The number of hydrogen-bond acceptors (Lipinski definition) is 4. The van der Waals surface area contributed by atoms with Gasteiger partial charge in [-0.3, -0.25) is 4.90 Å². The lowest BCUT2D eigenvalue weighted by Gasteiger charge is -2.33. The van der Waals surface area contributed by atoms with Crippen LogP contribution in [0.2, 0.25) is 0 Å². The van der Waals surface area contributed by atoms with Crippen LogP contribution in [0.25, 0.3) is 0 Å². The maximum atomic E-state index is 12.9. The number of sulfonamides is 1. The summed E-state index contributed by atoms with van der Waals surface area (Å²) in [7, 11) is -3.51. The van der Waals surface area contributed by atoms with E-state index in [4.69, 9.17) is 0 Å². The van der Waals surface area contributed by atoms with E-state index in [1.54, 1.807) is 16.8 Å². The molecule has 1 saturated heterocycles. The molecule has 1 atom stereocenters. The van der Waals surface area contributed by atoms with Crippen LogP contribution in [0.1, 0.15) is 37.4 Å². The fourth-order valence-corrected chi connectivity index (χ4v) is 5.34. The van der Waals surface area contributed by atoms with Crippen molar-refractivity contribution in [2.24, 2.45) is 0 Å². The predicted molar refractivity (Wildman–Crippen MR) is 100 cm³/mol. The highest BCUT2D eigenvalue weighted by molar-refractivity contribution is 7.89. The summed E-state index contributed by atoms with van der Waals surface area (Å²) in [5.74, 6) is 0. The van der Waals surface area contributed by atoms with Gasteiger partial charge < -0.3 is 4.57 Å². The van der Waals surface area contributed by atoms with Crippen molar-refractivity contribution in [2.75, 3.05) is 19.6 Å². The molecule has 0 amide bonds. The fraction of sp³-hybridized carbons (Fsp3) is 0.526. The van der Waals surface area contributed by atoms with E-state index < -0.39 is 10.0 Å². The van der Waals surface area contributed by atoms with Crippen molar-refractivity contribution >= 4 is 10.0 Å². The van der Waals surface area contributed by atoms with Crippen LogP contribution >= 0.6 is 0 Å². The van der Waals surface area contributed by atoms with Gasteiger partial charge >= 0.3 is 0 Å². The lowest BCUT2D eigenvalue weighted by molar-refractivity contribution is 0.185. The van der Waals surface area contributed by atoms with Crippen LogP contribution in [0.4, 0.5) is 0 Å². The van der Waals surface area contributed by atoms with Crippen molar-refractivity contribution in [2.45, 2.75) is 50.3 Å². The molecule has 1 fully saturated rings. The molecule has 0 bridgehead atoms. The van der Waals surface area contributed by atoms with Crippen LogP contribution in [0.5, 0.6) is 0 Å². The summed E-state index contributed by atoms with van der Waals surface area (Å²) in [6.45, 7) is 7.06. The monoisotopic (exact) mass is 374 g/mol. The van der Waals surface area contributed by atoms with Crippen molar-refractivity contribution in [3.8, 4) is 0 Å². The summed E-state index contributed by atoms with van der Waals surface area (Å²) in [6.07, 6.45) is 5.17. The fourth-order valence-electron chi connectivity index (χ4n) is 3.92. The third kappa shape index (κ3) is 3.19. The largest absolute Gasteiger partial charge is 0.334 e. The first-order valence-electron chi connectivity index (χ1n) is 9.29. The first-order valence-corrected chi connectivity index (χ1v) is 10.7. The summed E-state index contributed by atoms with van der Waals surface area (Å²) < 4.78 is 29.3. The zero-order valence-electron chi connectivity index (χ0n) is 15.4. The van der Waals surface area contributed by atoms with Crippen LogP contribution in [0.3, 0.4) is 0 Å². The maximum absolute atomic E-state index is 12.9. The normalized spacial score (nSPS) is 22.0. The summed E-state index contributed by atoms with van der Waals surface area (Å²) in [5, 5.41) is 0.163. The molecule has 140 valence electrons. The van der Waals surface area contributed by atoms with E-state index in [0.717, 1.165) is 25.9 Å². The molecule has 7 heteroatoms. The van der Waals surface area contributed by atoms with Crippen LogP contribution in [-0.4, -0.2) is 52.9 Å². The lowest BCUT2D eigenvalue weighted by atomic mass is 9.98. The minimum Gasteiger partial charge on any atom is -0.334 e. The molecule has 0 radical (unpaired) electrons. The standard InChI is InChI=1S/C19H26N4O2S/c1-15(2)22-13-19(20-14-22)26(24,25)23-10-8-18(12-23)21-9-7-16-5-3-4-6-17(16)11-21/h3-6,13-15,18H,7-12H2,1-2H3/t18-/m1/s1. The molecule has 26 heavy (non-hydrogen) atoms. The number of hydrogen-bond donors (Lipinski definition) is 0. The number of imidazole rings is 1. The molecule has 2 aromatic rings. The number of nitrogens with zero attached hydrogens (tertiary/aromatic N) is 4. The highest BCUT2D eigenvalue weighted by Crippen LogP contribution is 2.27. The van der Waals surface area contributed by atoms with Gasteiger partial charge in [-0.1, -0.05) is 24.3 Å². The zero-order chi connectivity index (χ0) is 18.3. The van der Waals surface area contributed by atoms with E-state index in [0.29, 0.717) is 13.1 Å². The summed E-state index contributed by atoms with van der Waals surface area (Å²) in [5.41, 5.74) is 2.79. The molecular formula is C19H26N4O2S. The van der Waals surface area contributed by atoms with E-state index in [2.05, 4.69) is 34.1 Å². The SMILES string of the molecule is CC(C)n1cnc(S(=O)(=O)N2CC[C@@H](N3CCc4ccccc4C3)C2)c1. The van der Waals surface area contributed by atoms with Gasteiger partial charge in [0.05, 0.1) is 6.33 Å². The molecular weight excluding hydrogens is 348 g/mol. The van der Waals surface area contributed by atoms with Crippen LogP contribution in [-0.2, 0) is 23.0 Å². The molecule has 0 saturated carbocycles. The first kappa shape index (κ1) is 17.7. The van der Waals surface area contributed by atoms with E-state index in [9.17, 15) is 8.42 Å². The highest BCUT2D eigenvalue weighted by atomic mass is 32.2. The average Bonchev–Trinajstić information content (AvgIpc) is 3.31. The zero-order valence-corrected chi connectivity index (χ0v) is 16.2. The van der Waals surface area contributed by atoms with E-state index in [1.807, 2.05) is 18.4 Å². The predicted octanol–water partition coefficient (Wildman–Crippen LogP) is 2.29. The van der Waals surface area contributed by atoms with Crippen molar-refractivity contribution in [3.05, 3.63) is 47.9 Å². The van der Waals surface area contributed by atoms with Gasteiger partial charge in [-0.15, -0.1) is 0 Å². The molecule has 0 spiro atoms. The Hall–Kier alpha value is -1.70. The van der Waals surface area contributed by atoms with Crippen LogP contribution in [0.15, 0.2) is 41.8 Å². The van der Waals surface area contributed by atoms with Gasteiger partial charge in [-0.05, 0) is 37.8 Å². The van der Waals surface area contributed by atoms with Gasteiger partial charge in [0.25, 0.3) is 10.0 Å². The van der Waals surface area contributed by atoms with Crippen LogP contribution < -0.4 is 0 Å². The Balaban J connectivity index is 1.46. The Morgan fingerprint density at radius 2 is 1.92 bits per heavy atom. The molecule has 3 heterocycles. The highest BCUT2D eigenvalue weighted by Gasteiger charge is 2.37. The van der Waals surface area contributed by atoms with Crippen molar-refractivity contribution < 1.29 is 8.42 Å². The smallest absolute Gasteiger partial charge is 0.262 e. The Labute approximate surface area is 155 Å². The summed E-state index contributed by atoms with van der Waals surface area (Å²) in [6, 6.07) is 9.04. The number of benzene rings is 1. The first-order chi connectivity index (χ1) is 12.4. The Morgan fingerprint density at radius 3 is 2.65 bits per heavy atom. The quantitative estimate of drug-likeness (QED) is 0.824. The summed E-state index contributed by atoms with van der Waals surface area (Å²) in [4.78, 5) is 6.58. The van der Waals surface area contributed by atoms with Gasteiger partial charge in [0.2, 0.25) is 0 Å². The van der Waals surface area contributed by atoms with E-state index in [-0.39, 0.29) is 17.1 Å². The van der Waals surface area contributed by atoms with Crippen molar-refractivity contribution in [1.29, 1.82) is 0 Å². The van der Waals surface area contributed by atoms with E-state index >= 15 is 0 Å². The molecule has 0 unspecified atom stereocenters. The second-order valence-corrected chi connectivity index (χ2v) is 9.43. The Bertz CT molecular complexity index is 890. The lowest BCUT2D eigenvalue weighted by Crippen LogP contribution is -2.41. The molecule has 2 aliphatic heterocycles. The van der Waals surface area contributed by atoms with Gasteiger partial charge in [0.15, 0.2) is 5.03 Å².